The fourth-order valence-corrected chi connectivity index (χ4v) is 9.00. The van der Waals surface area contributed by atoms with Gasteiger partial charge in [0.15, 0.2) is 0 Å². The minimum atomic E-state index is 0.862. The van der Waals surface area contributed by atoms with E-state index in [1.165, 1.54) is 16.3 Å². The molecule has 3 nitrogen and oxygen atoms in total. The van der Waals surface area contributed by atoms with Crippen LogP contribution in [-0.2, 0) is 0 Å². The molecule has 0 saturated carbocycles. The molecule has 3 heteroatoms. The van der Waals surface area contributed by atoms with Crippen LogP contribution < -0.4 is 9.80 Å². The van der Waals surface area contributed by atoms with Crippen LogP contribution in [0.15, 0.2) is 241 Å². The highest BCUT2D eigenvalue weighted by Gasteiger charge is 2.22. The molecule has 0 aliphatic rings. The Kier molecular flexibility index (Phi) is 9.40. The van der Waals surface area contributed by atoms with Gasteiger partial charge in [-0.25, -0.2) is 0 Å². The number of hydrogen-bond donors (Lipinski definition) is 0. The number of para-hydroxylation sites is 3. The molecule has 1 aromatic heterocycles. The van der Waals surface area contributed by atoms with Gasteiger partial charge in [0.05, 0.1) is 11.4 Å². The zero-order valence-electron chi connectivity index (χ0n) is 34.3. The average Bonchev–Trinajstić information content (AvgIpc) is 3.72. The second-order valence-corrected chi connectivity index (χ2v) is 15.8. The molecule has 0 radical (unpaired) electrons. The predicted molar refractivity (Wildman–Crippen MR) is 262 cm³/mol. The Hall–Kier alpha value is -8.14. The van der Waals surface area contributed by atoms with E-state index in [1.54, 1.807) is 0 Å². The zero-order chi connectivity index (χ0) is 41.4. The number of benzene rings is 10. The van der Waals surface area contributed by atoms with Gasteiger partial charge >= 0.3 is 0 Å². The largest absolute Gasteiger partial charge is 0.456 e. The Morgan fingerprint density at radius 1 is 0.323 bits per heavy atom. The summed E-state index contributed by atoms with van der Waals surface area (Å²) in [4.78, 5) is 4.74. The van der Waals surface area contributed by atoms with Gasteiger partial charge < -0.3 is 14.2 Å². The maximum atomic E-state index is 6.58. The Morgan fingerprint density at radius 3 is 1.63 bits per heavy atom. The summed E-state index contributed by atoms with van der Waals surface area (Å²) >= 11 is 0. The topological polar surface area (TPSA) is 19.6 Å². The fraction of sp³-hybridized carbons (Fsp3) is 0.0169. The van der Waals surface area contributed by atoms with Crippen molar-refractivity contribution in [2.75, 3.05) is 9.80 Å². The van der Waals surface area contributed by atoms with Crippen LogP contribution in [0.4, 0.5) is 34.1 Å². The van der Waals surface area contributed by atoms with Crippen molar-refractivity contribution in [2.24, 2.45) is 0 Å². The number of anilines is 6. The highest BCUT2D eigenvalue weighted by Crippen LogP contribution is 2.46. The highest BCUT2D eigenvalue weighted by atomic mass is 16.3. The Balaban J connectivity index is 1.08. The Labute approximate surface area is 362 Å². The van der Waals surface area contributed by atoms with Crippen molar-refractivity contribution in [3.63, 3.8) is 0 Å². The Bertz CT molecular complexity index is 3330. The second-order valence-electron chi connectivity index (χ2n) is 15.8. The summed E-state index contributed by atoms with van der Waals surface area (Å²) in [7, 11) is 0. The van der Waals surface area contributed by atoms with Crippen LogP contribution in [0.3, 0.4) is 0 Å². The van der Waals surface area contributed by atoms with E-state index in [2.05, 4.69) is 253 Å². The smallest absolute Gasteiger partial charge is 0.137 e. The van der Waals surface area contributed by atoms with Crippen molar-refractivity contribution < 1.29 is 4.42 Å². The van der Waals surface area contributed by atoms with Crippen molar-refractivity contribution >= 4 is 66.8 Å². The molecule has 0 atom stereocenters. The SMILES string of the molecule is Cc1cccc2oc3cc(N(c4cccc(-c5cccc(-c6ccccc6N(c6ccccc6)c6ccccc6)c5)c4)c4cc5ccccc5cc4-c4ccccc4)ccc3c12. The van der Waals surface area contributed by atoms with Gasteiger partial charge in [-0.05, 0) is 124 Å². The van der Waals surface area contributed by atoms with Gasteiger partial charge in [-0.15, -0.1) is 0 Å². The lowest BCUT2D eigenvalue weighted by atomic mass is 9.96. The summed E-state index contributed by atoms with van der Waals surface area (Å²) in [6.45, 7) is 2.15. The molecule has 11 rings (SSSR count). The van der Waals surface area contributed by atoms with Crippen LogP contribution in [0.2, 0.25) is 0 Å². The number of hydrogen-bond acceptors (Lipinski definition) is 3. The van der Waals surface area contributed by atoms with E-state index in [0.29, 0.717) is 0 Å². The number of rotatable bonds is 9. The summed E-state index contributed by atoms with van der Waals surface area (Å²) in [6, 6.07) is 84.7. The zero-order valence-corrected chi connectivity index (χ0v) is 34.3. The first-order valence-corrected chi connectivity index (χ1v) is 21.2. The van der Waals surface area contributed by atoms with Crippen molar-refractivity contribution in [3.8, 4) is 33.4 Å². The third-order valence-corrected chi connectivity index (χ3v) is 11.9. The molecular weight excluding hydrogens is 753 g/mol. The van der Waals surface area contributed by atoms with Gasteiger partial charge in [-0.2, -0.15) is 0 Å². The van der Waals surface area contributed by atoms with Crippen LogP contribution in [0.25, 0.3) is 66.1 Å². The van der Waals surface area contributed by atoms with Gasteiger partial charge in [-0.1, -0.05) is 152 Å². The molecular formula is C59H42N2O. The Morgan fingerprint density at radius 2 is 0.871 bits per heavy atom. The summed E-state index contributed by atoms with van der Waals surface area (Å²) in [5.74, 6) is 0. The lowest BCUT2D eigenvalue weighted by molar-refractivity contribution is 0.669. The van der Waals surface area contributed by atoms with Gasteiger partial charge in [0, 0.05) is 50.7 Å². The fourth-order valence-electron chi connectivity index (χ4n) is 9.00. The minimum absolute atomic E-state index is 0.862. The molecule has 0 unspecified atom stereocenters. The molecule has 0 fully saturated rings. The van der Waals surface area contributed by atoms with E-state index in [9.17, 15) is 0 Å². The number of fused-ring (bicyclic) bond motifs is 4. The molecule has 0 spiro atoms. The third kappa shape index (κ3) is 6.76. The van der Waals surface area contributed by atoms with Gasteiger partial charge in [-0.3, -0.25) is 0 Å². The van der Waals surface area contributed by atoms with Crippen molar-refractivity contribution in [2.45, 2.75) is 6.92 Å². The van der Waals surface area contributed by atoms with Crippen LogP contribution in [0, 0.1) is 6.92 Å². The first-order valence-electron chi connectivity index (χ1n) is 21.2. The maximum absolute atomic E-state index is 6.58. The summed E-state index contributed by atoms with van der Waals surface area (Å²) in [5, 5.41) is 4.65. The molecule has 0 aliphatic heterocycles. The predicted octanol–water partition coefficient (Wildman–Crippen LogP) is 17.0. The molecule has 0 N–H and O–H groups in total. The van der Waals surface area contributed by atoms with E-state index < -0.39 is 0 Å². The number of furan rings is 1. The standard InChI is InChI=1S/C59H42N2O/c1-41-18-15-33-57-59(41)53-35-34-51(40-58(53)62-57)61(56-39-46-22-12-11-21-45(46)38-54(56)42-19-5-2-6-20-42)50-30-17-24-44(37-50)43-23-16-25-47(36-43)52-31-13-14-32-55(52)60(48-26-7-3-8-27-48)49-28-9-4-10-29-49/h2-40H,1H3. The summed E-state index contributed by atoms with van der Waals surface area (Å²) < 4.78 is 6.58. The molecule has 10 aromatic carbocycles. The van der Waals surface area contributed by atoms with Crippen molar-refractivity contribution in [1.29, 1.82) is 0 Å². The summed E-state index contributed by atoms with van der Waals surface area (Å²) in [5.41, 5.74) is 16.3. The van der Waals surface area contributed by atoms with Crippen LogP contribution >= 0.6 is 0 Å². The average molecular weight is 795 g/mol. The molecule has 62 heavy (non-hydrogen) atoms. The van der Waals surface area contributed by atoms with Gasteiger partial charge in [0.25, 0.3) is 0 Å². The molecule has 294 valence electrons. The van der Waals surface area contributed by atoms with Gasteiger partial charge in [0.2, 0.25) is 0 Å². The lowest BCUT2D eigenvalue weighted by Crippen LogP contribution is -2.11. The van der Waals surface area contributed by atoms with Crippen molar-refractivity contribution in [1.82, 2.24) is 0 Å². The third-order valence-electron chi connectivity index (χ3n) is 11.9. The minimum Gasteiger partial charge on any atom is -0.456 e. The highest BCUT2D eigenvalue weighted by molar-refractivity contribution is 6.08. The first kappa shape index (κ1) is 36.9. The molecule has 0 amide bonds. The number of aryl methyl sites for hydroxylation is 1. The molecule has 11 aromatic rings. The lowest BCUT2D eigenvalue weighted by Gasteiger charge is -2.29. The van der Waals surface area contributed by atoms with Crippen molar-refractivity contribution in [3.05, 3.63) is 242 Å². The van der Waals surface area contributed by atoms with E-state index in [1.807, 2.05) is 0 Å². The van der Waals surface area contributed by atoms with E-state index in [4.69, 9.17) is 4.42 Å². The van der Waals surface area contributed by atoms with E-state index >= 15 is 0 Å². The van der Waals surface area contributed by atoms with E-state index in [0.717, 1.165) is 89.4 Å². The molecule has 1 heterocycles. The number of nitrogens with zero attached hydrogens (tertiary/aromatic N) is 2. The quantitative estimate of drug-likeness (QED) is 0.145. The first-order chi connectivity index (χ1) is 30.7. The van der Waals surface area contributed by atoms with Crippen LogP contribution in [0.1, 0.15) is 5.56 Å². The maximum Gasteiger partial charge on any atom is 0.137 e. The second kappa shape index (κ2) is 15.8. The molecule has 0 bridgehead atoms. The molecule has 0 aliphatic carbocycles. The van der Waals surface area contributed by atoms with Crippen LogP contribution in [0.5, 0.6) is 0 Å². The monoisotopic (exact) mass is 794 g/mol. The van der Waals surface area contributed by atoms with E-state index in [-0.39, 0.29) is 0 Å². The molecule has 0 saturated heterocycles. The normalized spacial score (nSPS) is 11.3. The van der Waals surface area contributed by atoms with Crippen LogP contribution in [-0.4, -0.2) is 0 Å². The van der Waals surface area contributed by atoms with Gasteiger partial charge in [0.1, 0.15) is 11.2 Å². The summed E-state index contributed by atoms with van der Waals surface area (Å²) in [6.07, 6.45) is 0.